The van der Waals surface area contributed by atoms with Gasteiger partial charge in [0.1, 0.15) is 5.75 Å². The molecule has 22 heavy (non-hydrogen) atoms. The summed E-state index contributed by atoms with van der Waals surface area (Å²) in [6, 6.07) is 15.3. The van der Waals surface area contributed by atoms with Gasteiger partial charge in [-0.05, 0) is 66.3 Å². The van der Waals surface area contributed by atoms with Gasteiger partial charge < -0.3 is 10.1 Å². The average molecular weight is 314 g/mol. The van der Waals surface area contributed by atoms with Crippen molar-refractivity contribution in [3.63, 3.8) is 0 Å². The first kappa shape index (κ1) is 14.1. The van der Waals surface area contributed by atoms with Crippen molar-refractivity contribution in [2.45, 2.75) is 24.8 Å². The minimum absolute atomic E-state index is 0.429. The zero-order chi connectivity index (χ0) is 15.1. The van der Waals surface area contributed by atoms with E-state index in [2.05, 4.69) is 35.6 Å². The standard InChI is InChI=1S/C19H20ClNO/c1-22-14-5-2-4-12(10-14)18-15-8-7-13(20)11-17(15)19-16(18)6-3-9-21-19/h2,4-5,7-8,10-11,16,18-19,21H,3,6,9H2,1H3. The van der Waals surface area contributed by atoms with Crippen LogP contribution in [0.2, 0.25) is 5.02 Å². The van der Waals surface area contributed by atoms with E-state index in [0.717, 1.165) is 17.3 Å². The average Bonchev–Trinajstić information content (AvgIpc) is 2.89. The van der Waals surface area contributed by atoms with Gasteiger partial charge in [-0.15, -0.1) is 0 Å². The molecule has 0 radical (unpaired) electrons. The summed E-state index contributed by atoms with van der Waals surface area (Å²) in [5.41, 5.74) is 4.14. The molecule has 3 heteroatoms. The number of ether oxygens (including phenoxy) is 1. The lowest BCUT2D eigenvalue weighted by molar-refractivity contribution is 0.286. The van der Waals surface area contributed by atoms with Crippen LogP contribution >= 0.6 is 11.6 Å². The summed E-state index contributed by atoms with van der Waals surface area (Å²) in [6.07, 6.45) is 2.50. The third-order valence-corrected chi connectivity index (χ3v) is 5.34. The molecule has 0 spiro atoms. The largest absolute Gasteiger partial charge is 0.497 e. The van der Waals surface area contributed by atoms with Crippen molar-refractivity contribution in [3.05, 3.63) is 64.2 Å². The third-order valence-electron chi connectivity index (χ3n) is 5.11. The Kier molecular flexibility index (Phi) is 3.59. The Bertz CT molecular complexity index is 700. The van der Waals surface area contributed by atoms with Crippen molar-refractivity contribution in [1.82, 2.24) is 5.32 Å². The molecular weight excluding hydrogens is 294 g/mol. The van der Waals surface area contributed by atoms with Gasteiger partial charge in [-0.2, -0.15) is 0 Å². The topological polar surface area (TPSA) is 21.3 Å². The number of hydrogen-bond acceptors (Lipinski definition) is 2. The molecule has 2 aromatic carbocycles. The summed E-state index contributed by atoms with van der Waals surface area (Å²) in [6.45, 7) is 1.10. The van der Waals surface area contributed by atoms with E-state index >= 15 is 0 Å². The van der Waals surface area contributed by atoms with Crippen molar-refractivity contribution >= 4 is 11.6 Å². The molecule has 3 atom stereocenters. The Morgan fingerprint density at radius 2 is 2.05 bits per heavy atom. The molecular formula is C19H20ClNO. The lowest BCUT2D eigenvalue weighted by atomic mass is 9.80. The number of halogens is 1. The summed E-state index contributed by atoms with van der Waals surface area (Å²) >= 11 is 6.25. The van der Waals surface area contributed by atoms with Crippen molar-refractivity contribution in [2.24, 2.45) is 5.92 Å². The molecule has 1 aliphatic heterocycles. The van der Waals surface area contributed by atoms with Gasteiger partial charge in [-0.3, -0.25) is 0 Å². The number of nitrogens with one attached hydrogen (secondary N) is 1. The molecule has 2 nitrogen and oxygen atoms in total. The monoisotopic (exact) mass is 313 g/mol. The van der Waals surface area contributed by atoms with Crippen molar-refractivity contribution < 1.29 is 4.74 Å². The summed E-state index contributed by atoms with van der Waals surface area (Å²) in [7, 11) is 1.73. The maximum atomic E-state index is 6.25. The van der Waals surface area contributed by atoms with E-state index in [9.17, 15) is 0 Å². The van der Waals surface area contributed by atoms with Gasteiger partial charge in [0, 0.05) is 17.0 Å². The Balaban J connectivity index is 1.84. The molecule has 1 aliphatic carbocycles. The van der Waals surface area contributed by atoms with Crippen LogP contribution in [-0.2, 0) is 0 Å². The summed E-state index contributed by atoms with van der Waals surface area (Å²) in [4.78, 5) is 0. The molecule has 1 fully saturated rings. The SMILES string of the molecule is COc1cccc(C2c3ccc(Cl)cc3C3NCCCC32)c1. The molecule has 2 aliphatic rings. The minimum atomic E-state index is 0.429. The quantitative estimate of drug-likeness (QED) is 0.879. The second-order valence-electron chi connectivity index (χ2n) is 6.27. The predicted molar refractivity (Wildman–Crippen MR) is 89.8 cm³/mol. The fourth-order valence-electron chi connectivity index (χ4n) is 4.20. The zero-order valence-corrected chi connectivity index (χ0v) is 13.4. The molecule has 0 saturated carbocycles. The van der Waals surface area contributed by atoms with Crippen LogP contribution in [0.15, 0.2) is 42.5 Å². The molecule has 0 bridgehead atoms. The van der Waals surface area contributed by atoms with E-state index in [1.165, 1.54) is 29.5 Å². The molecule has 0 amide bonds. The van der Waals surface area contributed by atoms with Crippen LogP contribution in [0.25, 0.3) is 0 Å². The van der Waals surface area contributed by atoms with Crippen LogP contribution < -0.4 is 10.1 Å². The van der Waals surface area contributed by atoms with Crippen LogP contribution in [-0.4, -0.2) is 13.7 Å². The molecule has 1 saturated heterocycles. The first-order valence-corrected chi connectivity index (χ1v) is 8.32. The highest BCUT2D eigenvalue weighted by molar-refractivity contribution is 6.30. The van der Waals surface area contributed by atoms with Gasteiger partial charge in [0.2, 0.25) is 0 Å². The van der Waals surface area contributed by atoms with E-state index in [0.29, 0.717) is 17.9 Å². The number of methoxy groups -OCH3 is 1. The lowest BCUT2D eigenvalue weighted by Crippen LogP contribution is -2.32. The lowest BCUT2D eigenvalue weighted by Gasteiger charge is -2.31. The maximum absolute atomic E-state index is 6.25. The maximum Gasteiger partial charge on any atom is 0.119 e. The zero-order valence-electron chi connectivity index (χ0n) is 12.7. The summed E-state index contributed by atoms with van der Waals surface area (Å²) in [5.74, 6) is 1.97. The third kappa shape index (κ3) is 2.22. The van der Waals surface area contributed by atoms with Crippen LogP contribution in [0, 0.1) is 5.92 Å². The first-order chi connectivity index (χ1) is 10.8. The molecule has 1 N–H and O–H groups in total. The second-order valence-corrected chi connectivity index (χ2v) is 6.70. The van der Waals surface area contributed by atoms with Gasteiger partial charge >= 0.3 is 0 Å². The van der Waals surface area contributed by atoms with E-state index in [1.54, 1.807) is 7.11 Å². The van der Waals surface area contributed by atoms with E-state index in [-0.39, 0.29) is 0 Å². The molecule has 0 aromatic heterocycles. The predicted octanol–water partition coefficient (Wildman–Crippen LogP) is 4.53. The molecule has 114 valence electrons. The van der Waals surface area contributed by atoms with E-state index < -0.39 is 0 Å². The number of rotatable bonds is 2. The smallest absolute Gasteiger partial charge is 0.119 e. The molecule has 3 unspecified atom stereocenters. The highest BCUT2D eigenvalue weighted by atomic mass is 35.5. The molecule has 4 rings (SSSR count). The summed E-state index contributed by atoms with van der Waals surface area (Å²) < 4.78 is 5.42. The van der Waals surface area contributed by atoms with Gasteiger partial charge in [0.15, 0.2) is 0 Å². The normalized spacial score (nSPS) is 26.4. The Morgan fingerprint density at radius 3 is 2.91 bits per heavy atom. The van der Waals surface area contributed by atoms with Gasteiger partial charge in [0.25, 0.3) is 0 Å². The summed E-state index contributed by atoms with van der Waals surface area (Å²) in [5, 5.41) is 4.53. The van der Waals surface area contributed by atoms with Crippen LogP contribution in [0.1, 0.15) is 41.5 Å². The van der Waals surface area contributed by atoms with Crippen molar-refractivity contribution in [1.29, 1.82) is 0 Å². The van der Waals surface area contributed by atoms with E-state index in [4.69, 9.17) is 16.3 Å². The van der Waals surface area contributed by atoms with Crippen LogP contribution in [0.3, 0.4) is 0 Å². The van der Waals surface area contributed by atoms with Crippen molar-refractivity contribution in [2.75, 3.05) is 13.7 Å². The van der Waals surface area contributed by atoms with Crippen molar-refractivity contribution in [3.8, 4) is 5.75 Å². The van der Waals surface area contributed by atoms with Gasteiger partial charge in [-0.25, -0.2) is 0 Å². The number of fused-ring (bicyclic) bond motifs is 3. The number of benzene rings is 2. The fourth-order valence-corrected chi connectivity index (χ4v) is 4.38. The highest BCUT2D eigenvalue weighted by Crippen LogP contribution is 2.52. The Morgan fingerprint density at radius 1 is 1.14 bits per heavy atom. The Labute approximate surface area is 136 Å². The number of piperidine rings is 1. The van der Waals surface area contributed by atoms with E-state index in [1.807, 2.05) is 12.1 Å². The number of hydrogen-bond donors (Lipinski definition) is 1. The molecule has 1 heterocycles. The van der Waals surface area contributed by atoms with Gasteiger partial charge in [0.05, 0.1) is 7.11 Å². The van der Waals surface area contributed by atoms with Crippen LogP contribution in [0.4, 0.5) is 0 Å². The Hall–Kier alpha value is -1.51. The van der Waals surface area contributed by atoms with Gasteiger partial charge in [-0.1, -0.05) is 29.8 Å². The minimum Gasteiger partial charge on any atom is -0.497 e. The molecule has 2 aromatic rings. The first-order valence-electron chi connectivity index (χ1n) is 7.94. The van der Waals surface area contributed by atoms with Crippen LogP contribution in [0.5, 0.6) is 5.75 Å². The highest BCUT2D eigenvalue weighted by Gasteiger charge is 2.42. The second kappa shape index (κ2) is 5.60. The fraction of sp³-hybridized carbons (Fsp3) is 0.368.